The maximum Gasteiger partial charge on any atom is 0.177 e. The van der Waals surface area contributed by atoms with E-state index >= 15 is 0 Å². The summed E-state index contributed by atoms with van der Waals surface area (Å²) in [7, 11) is -2.69. The number of hydrogen-bond donors (Lipinski definition) is 0. The van der Waals surface area contributed by atoms with Crippen molar-refractivity contribution in [2.75, 3.05) is 0 Å². The fraction of sp³-hybridized carbons (Fsp3) is 0.636. The summed E-state index contributed by atoms with van der Waals surface area (Å²) in [5.74, 6) is 0. The third-order valence-electron chi connectivity index (χ3n) is 2.90. The minimum absolute atomic E-state index is 1.12. The maximum absolute atomic E-state index is 6.48. The number of hydrogen-bond acceptors (Lipinski definition) is 0. The molecule has 14 heavy (non-hydrogen) atoms. The van der Waals surface area contributed by atoms with Gasteiger partial charge in [-0.3, -0.25) is 0 Å². The van der Waals surface area contributed by atoms with E-state index in [1.54, 1.807) is 5.20 Å². The van der Waals surface area contributed by atoms with Gasteiger partial charge in [0.05, 0.1) is 8.07 Å². The van der Waals surface area contributed by atoms with Crippen LogP contribution in [-0.2, 0) is 0 Å². The molecule has 0 aromatic rings. The molecule has 1 aliphatic carbocycles. The van der Waals surface area contributed by atoms with Crippen LogP contribution in [0.15, 0.2) is 22.0 Å². The molecule has 0 aromatic carbocycles. The summed E-state index contributed by atoms with van der Waals surface area (Å²) in [6.07, 6.45) is 3.52. The molecule has 3 heteroatoms. The topological polar surface area (TPSA) is 0 Å². The van der Waals surface area contributed by atoms with E-state index in [2.05, 4.69) is 45.7 Å². The zero-order chi connectivity index (χ0) is 11.1. The highest BCUT2D eigenvalue weighted by Crippen LogP contribution is 2.37. The first-order valence-corrected chi connectivity index (χ1v) is 12.7. The fourth-order valence-corrected chi connectivity index (χ4v) is 5.64. The van der Waals surface area contributed by atoms with Crippen LogP contribution < -0.4 is 0 Å². The fourth-order valence-electron chi connectivity index (χ4n) is 1.97. The molecule has 0 atom stereocenters. The van der Waals surface area contributed by atoms with Crippen LogP contribution in [0, 0.1) is 0 Å². The Kier molecular flexibility index (Phi) is 3.20. The summed E-state index contributed by atoms with van der Waals surface area (Å²) < 4.78 is 0. The Morgan fingerprint density at radius 1 is 1.14 bits per heavy atom. The zero-order valence-electron chi connectivity index (χ0n) is 10.2. The Morgan fingerprint density at radius 3 is 1.86 bits per heavy atom. The molecule has 0 amide bonds. The van der Waals surface area contributed by atoms with E-state index in [0.29, 0.717) is 0 Å². The van der Waals surface area contributed by atoms with Gasteiger partial charge in [0.2, 0.25) is 0 Å². The highest BCUT2D eigenvalue weighted by molar-refractivity contribution is 7.23. The van der Waals surface area contributed by atoms with Crippen molar-refractivity contribution in [2.45, 2.75) is 46.1 Å². The first-order valence-electron chi connectivity index (χ1n) is 5.22. The standard InChI is InChI=1S/C11H21ClSi2/c1-9-7-10(14(5,6)12)8-11(9)13(2,3)4/h7H,8H2,1-6H3. The van der Waals surface area contributed by atoms with Gasteiger partial charge in [0, 0.05) is 0 Å². The second-order valence-corrected chi connectivity index (χ2v) is 17.3. The molecule has 0 saturated heterocycles. The van der Waals surface area contributed by atoms with Crippen molar-refractivity contribution >= 4 is 26.5 Å². The summed E-state index contributed by atoms with van der Waals surface area (Å²) in [6.45, 7) is 14.0. The van der Waals surface area contributed by atoms with E-state index in [-0.39, 0.29) is 0 Å². The summed E-state index contributed by atoms with van der Waals surface area (Å²) in [5.41, 5.74) is 1.50. The molecule has 0 aliphatic heterocycles. The predicted molar refractivity (Wildman–Crippen MR) is 72.1 cm³/mol. The second kappa shape index (κ2) is 3.65. The Hall–Kier alpha value is 0.204. The van der Waals surface area contributed by atoms with Gasteiger partial charge in [-0.1, -0.05) is 54.8 Å². The molecule has 0 spiro atoms. The molecule has 0 bridgehead atoms. The van der Waals surface area contributed by atoms with Crippen LogP contribution in [0.2, 0.25) is 32.7 Å². The summed E-state index contributed by atoms with van der Waals surface area (Å²) >= 11 is 6.48. The first kappa shape index (κ1) is 12.3. The van der Waals surface area contributed by atoms with Gasteiger partial charge in [0.1, 0.15) is 0 Å². The van der Waals surface area contributed by atoms with E-state index in [9.17, 15) is 0 Å². The Balaban J connectivity index is 2.91. The first-order chi connectivity index (χ1) is 6.12. The molecular formula is C11H21ClSi2. The largest absolute Gasteiger partial charge is 0.177 e. The quantitative estimate of drug-likeness (QED) is 0.496. The van der Waals surface area contributed by atoms with Gasteiger partial charge in [-0.2, -0.15) is 11.1 Å². The molecule has 0 unspecified atom stereocenters. The maximum atomic E-state index is 6.48. The van der Waals surface area contributed by atoms with Gasteiger partial charge < -0.3 is 0 Å². The van der Waals surface area contributed by atoms with Gasteiger partial charge in [-0.15, -0.1) is 0 Å². The van der Waals surface area contributed by atoms with Crippen molar-refractivity contribution < 1.29 is 0 Å². The lowest BCUT2D eigenvalue weighted by atomic mass is 10.3. The van der Waals surface area contributed by atoms with Gasteiger partial charge in [-0.05, 0) is 13.3 Å². The van der Waals surface area contributed by atoms with Crippen molar-refractivity contribution in [3.8, 4) is 0 Å². The van der Waals surface area contributed by atoms with Crippen molar-refractivity contribution in [3.05, 3.63) is 22.0 Å². The molecule has 0 nitrogen and oxygen atoms in total. The van der Waals surface area contributed by atoms with Gasteiger partial charge >= 0.3 is 0 Å². The summed E-state index contributed by atoms with van der Waals surface area (Å²) in [5, 5.41) is 3.22. The smallest absolute Gasteiger partial charge is 0.162 e. The normalized spacial score (nSPS) is 18.9. The van der Waals surface area contributed by atoms with E-state index in [1.165, 1.54) is 17.2 Å². The van der Waals surface area contributed by atoms with Crippen LogP contribution in [0.5, 0.6) is 0 Å². The van der Waals surface area contributed by atoms with Gasteiger partial charge in [0.25, 0.3) is 0 Å². The van der Waals surface area contributed by atoms with E-state index in [4.69, 9.17) is 11.1 Å². The molecule has 0 heterocycles. The third kappa shape index (κ3) is 2.61. The number of rotatable bonds is 2. The molecule has 0 radical (unpaired) electrons. The van der Waals surface area contributed by atoms with Crippen LogP contribution in [-0.4, -0.2) is 15.5 Å². The lowest BCUT2D eigenvalue weighted by Gasteiger charge is -2.22. The molecule has 1 aliphatic rings. The van der Waals surface area contributed by atoms with Crippen molar-refractivity contribution in [3.63, 3.8) is 0 Å². The molecule has 1 rings (SSSR count). The van der Waals surface area contributed by atoms with Crippen LogP contribution >= 0.6 is 11.1 Å². The van der Waals surface area contributed by atoms with Crippen LogP contribution in [0.4, 0.5) is 0 Å². The van der Waals surface area contributed by atoms with Crippen molar-refractivity contribution in [2.24, 2.45) is 0 Å². The predicted octanol–water partition coefficient (Wildman–Crippen LogP) is 4.49. The van der Waals surface area contributed by atoms with E-state index < -0.39 is 15.5 Å². The van der Waals surface area contributed by atoms with Crippen LogP contribution in [0.25, 0.3) is 0 Å². The van der Waals surface area contributed by atoms with Crippen LogP contribution in [0.3, 0.4) is 0 Å². The highest BCUT2D eigenvalue weighted by Gasteiger charge is 2.32. The minimum Gasteiger partial charge on any atom is -0.162 e. The zero-order valence-corrected chi connectivity index (χ0v) is 12.9. The lowest BCUT2D eigenvalue weighted by Crippen LogP contribution is -2.26. The van der Waals surface area contributed by atoms with Crippen molar-refractivity contribution in [1.82, 2.24) is 0 Å². The molecular weight excluding hydrogens is 224 g/mol. The minimum atomic E-state index is -1.57. The Morgan fingerprint density at radius 2 is 1.64 bits per heavy atom. The summed E-state index contributed by atoms with van der Waals surface area (Å²) in [6, 6.07) is 0. The molecule has 0 saturated carbocycles. The monoisotopic (exact) mass is 244 g/mol. The average molecular weight is 245 g/mol. The molecule has 0 aromatic heterocycles. The molecule has 0 N–H and O–H groups in total. The van der Waals surface area contributed by atoms with Crippen molar-refractivity contribution in [1.29, 1.82) is 0 Å². The lowest BCUT2D eigenvalue weighted by molar-refractivity contribution is 1.28. The highest BCUT2D eigenvalue weighted by atomic mass is 35.6. The second-order valence-electron chi connectivity index (χ2n) is 5.73. The van der Waals surface area contributed by atoms with Crippen LogP contribution in [0.1, 0.15) is 13.3 Å². The SMILES string of the molecule is CC1=C([Si](C)(C)C)CC([Si](C)(C)Cl)=C1. The molecule has 80 valence electrons. The average Bonchev–Trinajstić information content (AvgIpc) is 2.27. The van der Waals surface area contributed by atoms with E-state index in [1.807, 2.05) is 0 Å². The third-order valence-corrected chi connectivity index (χ3v) is 7.86. The van der Waals surface area contributed by atoms with Gasteiger partial charge in [0.15, 0.2) is 7.38 Å². The number of halogens is 1. The Bertz CT molecular complexity index is 300. The Labute approximate surface area is 94.8 Å². The van der Waals surface area contributed by atoms with Gasteiger partial charge in [-0.25, -0.2) is 0 Å². The molecule has 0 fully saturated rings. The number of allylic oxidation sites excluding steroid dienone is 4. The van der Waals surface area contributed by atoms with E-state index in [0.717, 1.165) is 0 Å². The summed E-state index contributed by atoms with van der Waals surface area (Å²) in [4.78, 5) is 0.